The Morgan fingerprint density at radius 3 is 1.90 bits per heavy atom. The van der Waals surface area contributed by atoms with Gasteiger partial charge < -0.3 is 9.47 Å². The normalized spacial score (nSPS) is 10.7. The van der Waals surface area contributed by atoms with E-state index in [-0.39, 0.29) is 0 Å². The molecule has 0 spiro atoms. The summed E-state index contributed by atoms with van der Waals surface area (Å²) in [5.74, 6) is 1.79. The maximum absolute atomic E-state index is 5.15. The van der Waals surface area contributed by atoms with Gasteiger partial charge in [-0.25, -0.2) is 0 Å². The summed E-state index contributed by atoms with van der Waals surface area (Å²) in [5, 5.41) is 0. The van der Waals surface area contributed by atoms with E-state index >= 15 is 0 Å². The highest BCUT2D eigenvalue weighted by Gasteiger charge is 1.93. The molecule has 2 rings (SSSR count). The second kappa shape index (κ2) is 7.39. The summed E-state index contributed by atoms with van der Waals surface area (Å²) in [6.45, 7) is 0. The lowest BCUT2D eigenvalue weighted by molar-refractivity contribution is 0.414. The van der Waals surface area contributed by atoms with Crippen molar-refractivity contribution in [3.63, 3.8) is 0 Å². The molecule has 0 aliphatic carbocycles. The van der Waals surface area contributed by atoms with Crippen molar-refractivity contribution < 1.29 is 9.47 Å². The van der Waals surface area contributed by atoms with Crippen LogP contribution in [0.5, 0.6) is 11.5 Å². The number of hydrogen-bond acceptors (Lipinski definition) is 2. The average molecular weight is 268 g/mol. The van der Waals surface area contributed by atoms with E-state index in [0.29, 0.717) is 0 Å². The van der Waals surface area contributed by atoms with Crippen molar-refractivity contribution in [2.45, 2.75) is 12.8 Å². The quantitative estimate of drug-likeness (QED) is 0.775. The number of benzene rings is 2. The zero-order valence-corrected chi connectivity index (χ0v) is 12.0. The molecule has 2 nitrogen and oxygen atoms in total. The van der Waals surface area contributed by atoms with E-state index in [2.05, 4.69) is 36.4 Å². The Morgan fingerprint density at radius 2 is 1.35 bits per heavy atom. The molecule has 2 heteroatoms. The molecule has 0 fully saturated rings. The Hall–Kier alpha value is -2.22. The maximum Gasteiger partial charge on any atom is 0.118 e. The van der Waals surface area contributed by atoms with E-state index in [4.69, 9.17) is 9.47 Å². The first-order valence-corrected chi connectivity index (χ1v) is 6.75. The van der Waals surface area contributed by atoms with E-state index in [0.717, 1.165) is 24.3 Å². The summed E-state index contributed by atoms with van der Waals surface area (Å²) >= 11 is 0. The topological polar surface area (TPSA) is 18.5 Å². The molecule has 2 aromatic rings. The lowest BCUT2D eigenvalue weighted by Gasteiger charge is -2.02. The molecule has 0 amide bonds. The summed E-state index contributed by atoms with van der Waals surface area (Å²) in [7, 11) is 3.37. The third-order valence-corrected chi connectivity index (χ3v) is 3.18. The molecule has 0 radical (unpaired) electrons. The third-order valence-electron chi connectivity index (χ3n) is 3.18. The van der Waals surface area contributed by atoms with Gasteiger partial charge in [0.25, 0.3) is 0 Å². The van der Waals surface area contributed by atoms with Gasteiger partial charge in [-0.2, -0.15) is 0 Å². The van der Waals surface area contributed by atoms with E-state index in [1.54, 1.807) is 14.2 Å². The van der Waals surface area contributed by atoms with Crippen LogP contribution in [0.25, 0.3) is 6.08 Å². The minimum atomic E-state index is 0.889. The van der Waals surface area contributed by atoms with Crippen LogP contribution >= 0.6 is 0 Å². The van der Waals surface area contributed by atoms with Gasteiger partial charge in [-0.1, -0.05) is 36.4 Å². The molecule has 0 aliphatic heterocycles. The van der Waals surface area contributed by atoms with Crippen LogP contribution in [0, 0.1) is 0 Å². The van der Waals surface area contributed by atoms with Crippen molar-refractivity contribution in [1.82, 2.24) is 0 Å². The first-order valence-electron chi connectivity index (χ1n) is 6.75. The first-order chi connectivity index (χ1) is 9.81. The fraction of sp³-hybridized carbons (Fsp3) is 0.222. The fourth-order valence-corrected chi connectivity index (χ4v) is 1.98. The lowest BCUT2D eigenvalue weighted by Crippen LogP contribution is -1.85. The number of rotatable bonds is 6. The molecular weight excluding hydrogens is 248 g/mol. The molecule has 20 heavy (non-hydrogen) atoms. The number of ether oxygens (including phenoxy) is 2. The van der Waals surface area contributed by atoms with Crippen LogP contribution < -0.4 is 9.47 Å². The minimum Gasteiger partial charge on any atom is -0.497 e. The van der Waals surface area contributed by atoms with Crippen LogP contribution in [-0.4, -0.2) is 14.2 Å². The molecule has 0 aromatic heterocycles. The number of hydrogen-bond donors (Lipinski definition) is 0. The van der Waals surface area contributed by atoms with Gasteiger partial charge in [0.2, 0.25) is 0 Å². The molecule has 2 aromatic carbocycles. The third kappa shape index (κ3) is 4.16. The highest BCUT2D eigenvalue weighted by Crippen LogP contribution is 2.14. The summed E-state index contributed by atoms with van der Waals surface area (Å²) in [6.07, 6.45) is 6.41. The largest absolute Gasteiger partial charge is 0.497 e. The van der Waals surface area contributed by atoms with E-state index in [1.165, 1.54) is 11.1 Å². The maximum atomic E-state index is 5.15. The smallest absolute Gasteiger partial charge is 0.118 e. The lowest BCUT2D eigenvalue weighted by atomic mass is 10.1. The van der Waals surface area contributed by atoms with Gasteiger partial charge in [0.05, 0.1) is 14.2 Å². The van der Waals surface area contributed by atoms with Gasteiger partial charge >= 0.3 is 0 Å². The Morgan fingerprint density at radius 1 is 0.800 bits per heavy atom. The van der Waals surface area contributed by atoms with Gasteiger partial charge in [0, 0.05) is 0 Å². The Balaban J connectivity index is 1.83. The van der Waals surface area contributed by atoms with Crippen molar-refractivity contribution in [1.29, 1.82) is 0 Å². The Bertz CT molecular complexity index is 539. The molecule has 0 aliphatic rings. The van der Waals surface area contributed by atoms with Gasteiger partial charge in [-0.15, -0.1) is 0 Å². The standard InChI is InChI=1S/C18H20O2/c1-19-17-11-7-15(8-12-17)5-3-4-6-16-9-13-18(20-2)14-10-16/h3,5,7-14H,4,6H2,1-2H3/b5-3-. The van der Waals surface area contributed by atoms with Crippen LogP contribution in [0.2, 0.25) is 0 Å². The molecule has 0 saturated heterocycles. The number of methoxy groups -OCH3 is 2. The Kier molecular flexibility index (Phi) is 5.24. The first kappa shape index (κ1) is 14.2. The number of aryl methyl sites for hydroxylation is 1. The van der Waals surface area contributed by atoms with Gasteiger partial charge in [0.15, 0.2) is 0 Å². The van der Waals surface area contributed by atoms with E-state index < -0.39 is 0 Å². The average Bonchev–Trinajstić information content (AvgIpc) is 2.53. The molecule has 0 heterocycles. The summed E-state index contributed by atoms with van der Waals surface area (Å²) < 4.78 is 10.3. The molecule has 0 saturated carbocycles. The predicted molar refractivity (Wildman–Crippen MR) is 83.3 cm³/mol. The van der Waals surface area contributed by atoms with Crippen LogP contribution in [0.1, 0.15) is 17.5 Å². The highest BCUT2D eigenvalue weighted by molar-refractivity contribution is 5.50. The van der Waals surface area contributed by atoms with Crippen LogP contribution in [-0.2, 0) is 6.42 Å². The molecule has 0 bridgehead atoms. The van der Waals surface area contributed by atoms with Crippen molar-refractivity contribution in [3.8, 4) is 11.5 Å². The fourth-order valence-electron chi connectivity index (χ4n) is 1.98. The van der Waals surface area contributed by atoms with Crippen molar-refractivity contribution in [2.75, 3.05) is 14.2 Å². The number of allylic oxidation sites excluding steroid dienone is 1. The predicted octanol–water partition coefficient (Wildman–Crippen LogP) is 4.35. The highest BCUT2D eigenvalue weighted by atomic mass is 16.5. The molecule has 0 unspecified atom stereocenters. The Labute approximate surface area is 120 Å². The summed E-state index contributed by atoms with van der Waals surface area (Å²) in [6, 6.07) is 16.3. The van der Waals surface area contributed by atoms with E-state index in [1.807, 2.05) is 24.3 Å². The minimum absolute atomic E-state index is 0.889. The molecule has 104 valence electrons. The molecule has 0 atom stereocenters. The second-order valence-electron chi connectivity index (χ2n) is 4.56. The summed E-state index contributed by atoms with van der Waals surface area (Å²) in [5.41, 5.74) is 2.52. The van der Waals surface area contributed by atoms with E-state index in [9.17, 15) is 0 Å². The van der Waals surface area contributed by atoms with Gasteiger partial charge in [-0.3, -0.25) is 0 Å². The van der Waals surface area contributed by atoms with Crippen molar-refractivity contribution in [2.24, 2.45) is 0 Å². The van der Waals surface area contributed by atoms with Crippen LogP contribution in [0.3, 0.4) is 0 Å². The van der Waals surface area contributed by atoms with Gasteiger partial charge in [0.1, 0.15) is 11.5 Å². The molecular formula is C18H20O2. The SMILES string of the molecule is COc1ccc(/C=C\CCc2ccc(OC)cc2)cc1. The zero-order valence-electron chi connectivity index (χ0n) is 12.0. The molecule has 0 N–H and O–H groups in total. The summed E-state index contributed by atoms with van der Waals surface area (Å²) in [4.78, 5) is 0. The van der Waals surface area contributed by atoms with Crippen molar-refractivity contribution in [3.05, 3.63) is 65.7 Å². The zero-order chi connectivity index (χ0) is 14.2. The van der Waals surface area contributed by atoms with Crippen molar-refractivity contribution >= 4 is 6.08 Å². The van der Waals surface area contributed by atoms with Crippen LogP contribution in [0.15, 0.2) is 54.6 Å². The second-order valence-corrected chi connectivity index (χ2v) is 4.56. The monoisotopic (exact) mass is 268 g/mol. The van der Waals surface area contributed by atoms with Crippen LogP contribution in [0.4, 0.5) is 0 Å². The van der Waals surface area contributed by atoms with Gasteiger partial charge in [-0.05, 0) is 48.2 Å².